The van der Waals surface area contributed by atoms with Crippen LogP contribution >= 0.6 is 12.2 Å². The van der Waals surface area contributed by atoms with Crippen LogP contribution in [0, 0.1) is 0 Å². The van der Waals surface area contributed by atoms with E-state index in [4.69, 9.17) is 26.4 Å². The summed E-state index contributed by atoms with van der Waals surface area (Å²) in [5.41, 5.74) is 2.34. The van der Waals surface area contributed by atoms with E-state index in [1.807, 2.05) is 24.3 Å². The number of carbonyl (C=O) groups excluding carboxylic acids is 3. The van der Waals surface area contributed by atoms with Crippen LogP contribution in [0.25, 0.3) is 0 Å². The number of anilines is 2. The van der Waals surface area contributed by atoms with Gasteiger partial charge in [0.2, 0.25) is 5.91 Å². The SMILES string of the molecule is CCOC(=O)c1ccc(N2C(=O)C(CC(=O)Nc3ccc(OC)cc3)N(Cc3ccc(OC)cc3)C2=S)cc1. The first-order chi connectivity index (χ1) is 18.8. The Bertz CT molecular complexity index is 1340. The summed E-state index contributed by atoms with van der Waals surface area (Å²) >= 11 is 5.75. The topological polar surface area (TPSA) is 97.4 Å². The molecule has 1 fully saturated rings. The highest BCUT2D eigenvalue weighted by atomic mass is 32.1. The average molecular weight is 548 g/mol. The molecule has 0 aromatic heterocycles. The number of hydrogen-bond acceptors (Lipinski definition) is 7. The Kier molecular flexibility index (Phi) is 8.77. The van der Waals surface area contributed by atoms with E-state index in [2.05, 4.69) is 5.32 Å². The molecule has 2 amide bonds. The van der Waals surface area contributed by atoms with Crippen LogP contribution in [0.3, 0.4) is 0 Å². The first-order valence-corrected chi connectivity index (χ1v) is 12.7. The molecule has 4 rings (SSSR count). The van der Waals surface area contributed by atoms with E-state index >= 15 is 0 Å². The van der Waals surface area contributed by atoms with Crippen LogP contribution in [0.4, 0.5) is 11.4 Å². The van der Waals surface area contributed by atoms with Crippen LogP contribution in [0.15, 0.2) is 72.8 Å². The molecule has 39 heavy (non-hydrogen) atoms. The Balaban J connectivity index is 1.58. The minimum absolute atomic E-state index is 0.113. The minimum Gasteiger partial charge on any atom is -0.497 e. The summed E-state index contributed by atoms with van der Waals surface area (Å²) in [6, 6.07) is 20.0. The number of thiocarbonyl (C=S) groups is 1. The van der Waals surface area contributed by atoms with Crippen molar-refractivity contribution in [1.29, 1.82) is 0 Å². The van der Waals surface area contributed by atoms with Crippen molar-refractivity contribution in [3.8, 4) is 11.5 Å². The van der Waals surface area contributed by atoms with E-state index in [0.717, 1.165) is 5.56 Å². The maximum atomic E-state index is 13.7. The number of ether oxygens (including phenoxy) is 3. The van der Waals surface area contributed by atoms with Crippen LogP contribution in [-0.2, 0) is 20.9 Å². The van der Waals surface area contributed by atoms with E-state index in [-0.39, 0.29) is 30.0 Å². The number of rotatable bonds is 10. The van der Waals surface area contributed by atoms with Crippen LogP contribution in [0.5, 0.6) is 11.5 Å². The van der Waals surface area contributed by atoms with Crippen molar-refractivity contribution in [3.05, 3.63) is 83.9 Å². The average Bonchev–Trinajstić information content (AvgIpc) is 3.17. The lowest BCUT2D eigenvalue weighted by Gasteiger charge is -2.24. The van der Waals surface area contributed by atoms with Gasteiger partial charge in [0, 0.05) is 12.2 Å². The van der Waals surface area contributed by atoms with Gasteiger partial charge in [-0.1, -0.05) is 12.1 Å². The second-order valence-corrected chi connectivity index (χ2v) is 9.06. The minimum atomic E-state index is -0.831. The fourth-order valence-electron chi connectivity index (χ4n) is 4.20. The van der Waals surface area contributed by atoms with Crippen LogP contribution in [-0.4, -0.2) is 54.7 Å². The molecule has 9 nitrogen and oxygen atoms in total. The lowest BCUT2D eigenvalue weighted by Crippen LogP contribution is -2.37. The fraction of sp³-hybridized carbons (Fsp3) is 0.241. The van der Waals surface area contributed by atoms with Crippen LogP contribution in [0.1, 0.15) is 29.3 Å². The normalized spacial score (nSPS) is 14.8. The second-order valence-electron chi connectivity index (χ2n) is 8.70. The van der Waals surface area contributed by atoms with Gasteiger partial charge in [-0.05, 0) is 85.4 Å². The highest BCUT2D eigenvalue weighted by Crippen LogP contribution is 2.30. The number of hydrogen-bond donors (Lipinski definition) is 1. The third kappa shape index (κ3) is 6.35. The highest BCUT2D eigenvalue weighted by molar-refractivity contribution is 7.80. The number of benzene rings is 3. The predicted molar refractivity (Wildman–Crippen MR) is 151 cm³/mol. The summed E-state index contributed by atoms with van der Waals surface area (Å²) < 4.78 is 15.4. The third-order valence-corrected chi connectivity index (χ3v) is 6.64. The molecule has 202 valence electrons. The van der Waals surface area contributed by atoms with E-state index < -0.39 is 12.0 Å². The first kappa shape index (κ1) is 27.6. The zero-order chi connectivity index (χ0) is 27.9. The number of nitrogens with zero attached hydrogens (tertiary/aromatic N) is 2. The molecule has 0 bridgehead atoms. The van der Waals surface area contributed by atoms with Crippen molar-refractivity contribution in [2.45, 2.75) is 25.9 Å². The standard InChI is InChI=1S/C29H29N3O6S/c1-4-38-28(35)20-7-11-22(12-8-20)32-27(34)25(17-26(33)30-21-9-15-24(37-3)16-10-21)31(29(32)39)18-19-5-13-23(36-2)14-6-19/h5-16,25H,4,17-18H2,1-3H3,(H,30,33). The van der Waals surface area contributed by atoms with Crippen molar-refractivity contribution in [3.63, 3.8) is 0 Å². The molecule has 0 radical (unpaired) electrons. The van der Waals surface area contributed by atoms with Gasteiger partial charge in [-0.15, -0.1) is 0 Å². The van der Waals surface area contributed by atoms with E-state index in [0.29, 0.717) is 35.0 Å². The summed E-state index contributed by atoms with van der Waals surface area (Å²) in [4.78, 5) is 41.9. The molecule has 1 unspecified atom stereocenters. The van der Waals surface area contributed by atoms with Crippen molar-refractivity contribution < 1.29 is 28.6 Å². The second kappa shape index (κ2) is 12.4. The van der Waals surface area contributed by atoms with Gasteiger partial charge in [0.1, 0.15) is 17.5 Å². The molecular formula is C29H29N3O6S. The van der Waals surface area contributed by atoms with Crippen molar-refractivity contribution in [1.82, 2.24) is 4.90 Å². The molecule has 3 aromatic rings. The van der Waals surface area contributed by atoms with Gasteiger partial charge < -0.3 is 24.4 Å². The Morgan fingerprint density at radius 2 is 1.49 bits per heavy atom. The molecule has 10 heteroatoms. The van der Waals surface area contributed by atoms with Gasteiger partial charge in [0.15, 0.2) is 5.11 Å². The van der Waals surface area contributed by atoms with E-state index in [1.165, 1.54) is 4.90 Å². The van der Waals surface area contributed by atoms with E-state index in [9.17, 15) is 14.4 Å². The molecule has 1 aliphatic heterocycles. The first-order valence-electron chi connectivity index (χ1n) is 12.3. The third-order valence-electron chi connectivity index (χ3n) is 6.22. The maximum absolute atomic E-state index is 13.7. The fourth-order valence-corrected chi connectivity index (χ4v) is 4.59. The van der Waals surface area contributed by atoms with E-state index in [1.54, 1.807) is 74.6 Å². The van der Waals surface area contributed by atoms with Crippen molar-refractivity contribution >= 4 is 46.5 Å². The lowest BCUT2D eigenvalue weighted by atomic mass is 10.1. The summed E-state index contributed by atoms with van der Waals surface area (Å²) in [6.45, 7) is 2.30. The predicted octanol–water partition coefficient (Wildman–Crippen LogP) is 4.41. The van der Waals surface area contributed by atoms with Gasteiger partial charge in [0.25, 0.3) is 5.91 Å². The molecule has 1 N–H and O–H groups in total. The zero-order valence-corrected chi connectivity index (χ0v) is 22.7. The number of nitrogens with one attached hydrogen (secondary N) is 1. The lowest BCUT2D eigenvalue weighted by molar-refractivity contribution is -0.124. The van der Waals surface area contributed by atoms with Crippen molar-refractivity contribution in [2.75, 3.05) is 31.0 Å². The Morgan fingerprint density at radius 1 is 0.897 bits per heavy atom. The van der Waals surface area contributed by atoms with Gasteiger partial charge in [-0.2, -0.15) is 0 Å². The van der Waals surface area contributed by atoms with Gasteiger partial charge in [-0.3, -0.25) is 14.5 Å². The molecule has 3 aromatic carbocycles. The molecule has 0 saturated carbocycles. The molecule has 1 atom stereocenters. The highest BCUT2D eigenvalue weighted by Gasteiger charge is 2.44. The van der Waals surface area contributed by atoms with Crippen LogP contribution < -0.4 is 19.7 Å². The number of esters is 1. The smallest absolute Gasteiger partial charge is 0.338 e. The van der Waals surface area contributed by atoms with Crippen LogP contribution in [0.2, 0.25) is 0 Å². The number of methoxy groups -OCH3 is 2. The summed E-state index contributed by atoms with van der Waals surface area (Å²) in [5.74, 6) is 0.258. The monoisotopic (exact) mass is 547 g/mol. The molecule has 0 aliphatic carbocycles. The number of amides is 2. The Hall–Kier alpha value is -4.44. The molecule has 0 spiro atoms. The molecule has 1 aliphatic rings. The van der Waals surface area contributed by atoms with Crippen molar-refractivity contribution in [2.24, 2.45) is 0 Å². The van der Waals surface area contributed by atoms with Gasteiger partial charge in [0.05, 0.1) is 38.5 Å². The molecule has 1 saturated heterocycles. The number of carbonyl (C=O) groups is 3. The summed E-state index contributed by atoms with van der Waals surface area (Å²) in [5, 5.41) is 3.10. The maximum Gasteiger partial charge on any atom is 0.338 e. The summed E-state index contributed by atoms with van der Waals surface area (Å²) in [6.07, 6.45) is -0.113. The van der Waals surface area contributed by atoms with Gasteiger partial charge in [-0.25, -0.2) is 4.79 Å². The molecule has 1 heterocycles. The largest absolute Gasteiger partial charge is 0.497 e. The molecular weight excluding hydrogens is 518 g/mol. The quantitative estimate of drug-likeness (QED) is 0.295. The van der Waals surface area contributed by atoms with Gasteiger partial charge >= 0.3 is 5.97 Å². The zero-order valence-electron chi connectivity index (χ0n) is 21.9. The summed E-state index contributed by atoms with van der Waals surface area (Å²) in [7, 11) is 3.15. The Morgan fingerprint density at radius 3 is 2.05 bits per heavy atom. The Labute approximate surface area is 232 Å².